The Morgan fingerprint density at radius 2 is 1.68 bits per heavy atom. The minimum Gasteiger partial charge on any atom is -0.494 e. The molecule has 0 atom stereocenters. The summed E-state index contributed by atoms with van der Waals surface area (Å²) in [4.78, 5) is 12.2. The van der Waals surface area contributed by atoms with Crippen molar-refractivity contribution in [2.24, 2.45) is 0 Å². The van der Waals surface area contributed by atoms with Crippen molar-refractivity contribution in [1.82, 2.24) is 0 Å². The fourth-order valence-corrected chi connectivity index (χ4v) is 4.36. The molecule has 0 fully saturated rings. The van der Waals surface area contributed by atoms with Crippen LogP contribution in [-0.2, 0) is 11.0 Å². The van der Waals surface area contributed by atoms with Crippen LogP contribution in [0.25, 0.3) is 22.3 Å². The lowest BCUT2D eigenvalue weighted by molar-refractivity contribution is -0.137. The highest BCUT2D eigenvalue weighted by atomic mass is 19.4. The van der Waals surface area contributed by atoms with Crippen molar-refractivity contribution in [2.45, 2.75) is 59.1 Å². The van der Waals surface area contributed by atoms with Crippen LogP contribution in [0.15, 0.2) is 72.8 Å². The average molecular weight is 555 g/mol. The summed E-state index contributed by atoms with van der Waals surface area (Å²) < 4.78 is 61.0. The summed E-state index contributed by atoms with van der Waals surface area (Å²) in [6.07, 6.45) is 3.32. The fraction of sp³-hybridized carbons (Fsp3) is 0.303. The number of hydrogen-bond donors (Lipinski definition) is 1. The van der Waals surface area contributed by atoms with E-state index in [-0.39, 0.29) is 11.1 Å². The Bertz CT molecular complexity index is 1370. The minimum atomic E-state index is -4.62. The topological polar surface area (TPSA) is 46.5 Å². The number of rotatable bonds is 12. The molecule has 0 aliphatic carbocycles. The van der Waals surface area contributed by atoms with E-state index in [1.807, 2.05) is 6.92 Å². The van der Waals surface area contributed by atoms with E-state index < -0.39 is 23.5 Å². The first-order chi connectivity index (χ1) is 19.0. The largest absolute Gasteiger partial charge is 0.494 e. The molecule has 0 bridgehead atoms. The lowest BCUT2D eigenvalue weighted by atomic mass is 9.93. The molecule has 0 radical (unpaired) electrons. The number of carbonyl (C=O) groups is 1. The normalized spacial score (nSPS) is 12.5. The zero-order valence-electron chi connectivity index (χ0n) is 22.9. The van der Waals surface area contributed by atoms with E-state index in [1.54, 1.807) is 49.4 Å². The van der Waals surface area contributed by atoms with Crippen molar-refractivity contribution in [3.8, 4) is 16.9 Å². The molecular weight excluding hydrogens is 520 g/mol. The van der Waals surface area contributed by atoms with Crippen LogP contribution in [0.2, 0.25) is 0 Å². The summed E-state index contributed by atoms with van der Waals surface area (Å²) in [6, 6.07) is 14.7. The van der Waals surface area contributed by atoms with Crippen LogP contribution < -0.4 is 4.74 Å². The number of aryl methyl sites for hydroxylation is 1. The number of carboxylic acids is 1. The molecule has 1 N–H and O–H groups in total. The van der Waals surface area contributed by atoms with E-state index >= 15 is 4.39 Å². The Morgan fingerprint density at radius 1 is 0.950 bits per heavy atom. The summed E-state index contributed by atoms with van der Waals surface area (Å²) >= 11 is 0. The van der Waals surface area contributed by atoms with Crippen LogP contribution in [0.5, 0.6) is 5.75 Å². The monoisotopic (exact) mass is 554 g/mol. The van der Waals surface area contributed by atoms with Gasteiger partial charge in [0.1, 0.15) is 11.6 Å². The third-order valence-electron chi connectivity index (χ3n) is 6.54. The van der Waals surface area contributed by atoms with Crippen LogP contribution in [0.3, 0.4) is 0 Å². The number of benzene rings is 3. The van der Waals surface area contributed by atoms with E-state index in [1.165, 1.54) is 24.6 Å². The smallest absolute Gasteiger partial charge is 0.416 e. The van der Waals surface area contributed by atoms with E-state index in [0.717, 1.165) is 31.4 Å². The van der Waals surface area contributed by atoms with Gasteiger partial charge in [0.05, 0.1) is 17.7 Å². The van der Waals surface area contributed by atoms with Gasteiger partial charge >= 0.3 is 12.1 Å². The van der Waals surface area contributed by atoms with Gasteiger partial charge in [0.2, 0.25) is 0 Å². The third-order valence-corrected chi connectivity index (χ3v) is 6.54. The predicted molar refractivity (Wildman–Crippen MR) is 152 cm³/mol. The van der Waals surface area contributed by atoms with Gasteiger partial charge in [-0.2, -0.15) is 13.2 Å². The molecule has 3 nitrogen and oxygen atoms in total. The Labute approximate surface area is 232 Å². The summed E-state index contributed by atoms with van der Waals surface area (Å²) in [7, 11) is 0. The first-order valence-corrected chi connectivity index (χ1v) is 13.4. The number of unbranched alkanes of at least 4 members (excludes halogenated alkanes) is 3. The Balaban J connectivity index is 1.91. The third kappa shape index (κ3) is 8.07. The molecule has 0 spiro atoms. The molecule has 0 aliphatic rings. The molecule has 3 aromatic carbocycles. The van der Waals surface area contributed by atoms with Gasteiger partial charge in [0.15, 0.2) is 0 Å². The van der Waals surface area contributed by atoms with Crippen LogP contribution in [-0.4, -0.2) is 17.7 Å². The quantitative estimate of drug-likeness (QED) is 0.105. The molecule has 3 aromatic rings. The first-order valence-electron chi connectivity index (χ1n) is 13.4. The predicted octanol–water partition coefficient (Wildman–Crippen LogP) is 9.74. The molecule has 3 rings (SSSR count). The van der Waals surface area contributed by atoms with Crippen LogP contribution in [0, 0.1) is 12.7 Å². The summed E-state index contributed by atoms with van der Waals surface area (Å²) in [6.45, 7) is 6.16. The van der Waals surface area contributed by atoms with Crippen molar-refractivity contribution in [3.63, 3.8) is 0 Å². The maximum atomic E-state index is 15.3. The van der Waals surface area contributed by atoms with Gasteiger partial charge in [-0.15, -0.1) is 0 Å². The van der Waals surface area contributed by atoms with Crippen LogP contribution in [0.1, 0.15) is 68.2 Å². The lowest BCUT2D eigenvalue weighted by Crippen LogP contribution is -2.08. The highest BCUT2D eigenvalue weighted by Crippen LogP contribution is 2.34. The highest BCUT2D eigenvalue weighted by Gasteiger charge is 2.31. The Morgan fingerprint density at radius 3 is 2.27 bits per heavy atom. The molecule has 0 saturated heterocycles. The second kappa shape index (κ2) is 14.0. The minimum absolute atomic E-state index is 0.0471. The second-order valence-corrected chi connectivity index (χ2v) is 9.59. The molecule has 0 aliphatic heterocycles. The number of ether oxygens (including phenoxy) is 1. The molecule has 0 amide bonds. The number of alkyl halides is 3. The van der Waals surface area contributed by atoms with Gasteiger partial charge in [-0.05, 0) is 84.0 Å². The van der Waals surface area contributed by atoms with Gasteiger partial charge < -0.3 is 9.84 Å². The molecule has 7 heteroatoms. The van der Waals surface area contributed by atoms with Crippen LogP contribution >= 0.6 is 0 Å². The van der Waals surface area contributed by atoms with Gasteiger partial charge in [-0.3, -0.25) is 0 Å². The molecule has 0 aromatic heterocycles. The summed E-state index contributed by atoms with van der Waals surface area (Å²) in [5, 5.41) is 9.91. The van der Waals surface area contributed by atoms with Crippen molar-refractivity contribution in [2.75, 3.05) is 6.61 Å². The van der Waals surface area contributed by atoms with Crippen molar-refractivity contribution in [3.05, 3.63) is 101 Å². The number of carboxylic acid groups (broad SMARTS) is 1. The fourth-order valence-electron chi connectivity index (χ4n) is 4.36. The molecule has 0 unspecified atom stereocenters. The van der Waals surface area contributed by atoms with E-state index in [9.17, 15) is 23.1 Å². The highest BCUT2D eigenvalue weighted by molar-refractivity contribution is 6.18. The summed E-state index contributed by atoms with van der Waals surface area (Å²) in [5.74, 6) is -1.18. The Hall–Kier alpha value is -3.87. The molecule has 0 saturated carbocycles. The molecule has 0 heterocycles. The first kappa shape index (κ1) is 30.7. The maximum Gasteiger partial charge on any atom is 0.416 e. The van der Waals surface area contributed by atoms with Crippen molar-refractivity contribution < 1.29 is 32.2 Å². The zero-order valence-corrected chi connectivity index (χ0v) is 22.9. The standard InChI is InChI=1S/C33H34F4O3/c1-4-6-7-8-18-40-27-15-11-23(12-16-27)28-17-13-25(20-31(28)34)24(9-5-2)19-30(32(38)39)29-21-26(33(35,36)37)14-10-22(29)3/h9-17,19-21H,4-8,18H2,1-3H3,(H,38,39)/b24-9-,30-19+. The zero-order chi connectivity index (χ0) is 29.3. The number of hydrogen-bond acceptors (Lipinski definition) is 2. The lowest BCUT2D eigenvalue weighted by Gasteiger charge is -2.14. The molecule has 40 heavy (non-hydrogen) atoms. The SMILES string of the molecule is CC/C=C(/C=C(/C(=O)O)c1cc(C(F)(F)F)ccc1C)c1ccc(-c2ccc(OCCCCCC)cc2)c(F)c1. The maximum absolute atomic E-state index is 15.3. The number of halogens is 4. The van der Waals surface area contributed by atoms with Gasteiger partial charge in [-0.25, -0.2) is 9.18 Å². The van der Waals surface area contributed by atoms with Crippen molar-refractivity contribution >= 4 is 17.1 Å². The van der Waals surface area contributed by atoms with Gasteiger partial charge in [0, 0.05) is 5.56 Å². The van der Waals surface area contributed by atoms with E-state index in [2.05, 4.69) is 6.92 Å². The second-order valence-electron chi connectivity index (χ2n) is 9.59. The summed E-state index contributed by atoms with van der Waals surface area (Å²) in [5.41, 5.74) is 0.923. The van der Waals surface area contributed by atoms with E-state index in [0.29, 0.717) is 46.6 Å². The van der Waals surface area contributed by atoms with Gasteiger partial charge in [-0.1, -0.05) is 69.5 Å². The van der Waals surface area contributed by atoms with Gasteiger partial charge in [0.25, 0.3) is 0 Å². The molecular formula is C33H34F4O3. The molecule has 212 valence electrons. The average Bonchev–Trinajstić information content (AvgIpc) is 2.91. The number of allylic oxidation sites excluding steroid dienone is 3. The van der Waals surface area contributed by atoms with E-state index in [4.69, 9.17) is 4.74 Å². The van der Waals surface area contributed by atoms with Crippen molar-refractivity contribution in [1.29, 1.82) is 0 Å². The Kier molecular flexibility index (Phi) is 10.7. The van der Waals surface area contributed by atoms with Crippen LogP contribution in [0.4, 0.5) is 17.6 Å². The number of aliphatic carboxylic acids is 1.